The first kappa shape index (κ1) is 13.6. The van der Waals surface area contributed by atoms with Gasteiger partial charge in [0.25, 0.3) is 0 Å². The van der Waals surface area contributed by atoms with E-state index in [1.807, 2.05) is 0 Å². The van der Waals surface area contributed by atoms with Gasteiger partial charge in [-0.15, -0.1) is 0 Å². The molecule has 108 valence electrons. The summed E-state index contributed by atoms with van der Waals surface area (Å²) in [5.41, 5.74) is 2.63. The number of fused-ring (bicyclic) bond motifs is 1. The number of carbonyl (C=O) groups is 1. The third-order valence-corrected chi connectivity index (χ3v) is 4.87. The maximum atomic E-state index is 12.4. The van der Waals surface area contributed by atoms with Gasteiger partial charge in [-0.05, 0) is 43.2 Å². The molecule has 1 fully saturated rings. The van der Waals surface area contributed by atoms with E-state index in [0.29, 0.717) is 12.0 Å². The van der Waals surface area contributed by atoms with Crippen LogP contribution in [-0.2, 0) is 17.8 Å². The molecular weight excluding hydrogens is 248 g/mol. The predicted octanol–water partition coefficient (Wildman–Crippen LogP) is 2.40. The van der Waals surface area contributed by atoms with Gasteiger partial charge in [0.15, 0.2) is 0 Å². The molecule has 1 aromatic carbocycles. The lowest BCUT2D eigenvalue weighted by atomic mass is 9.94. The molecular formula is C17H24N2O. The van der Waals surface area contributed by atoms with Crippen molar-refractivity contribution in [2.75, 3.05) is 0 Å². The van der Waals surface area contributed by atoms with E-state index in [9.17, 15) is 4.79 Å². The molecule has 0 saturated heterocycles. The molecule has 0 unspecified atom stereocenters. The Hall–Kier alpha value is -1.35. The lowest BCUT2D eigenvalue weighted by molar-refractivity contribution is -0.124. The number of hydrogen-bond donors (Lipinski definition) is 2. The zero-order valence-corrected chi connectivity index (χ0v) is 12.2. The second kappa shape index (κ2) is 5.96. The Morgan fingerprint density at radius 1 is 1.25 bits per heavy atom. The van der Waals surface area contributed by atoms with Crippen LogP contribution in [0.25, 0.3) is 0 Å². The van der Waals surface area contributed by atoms with Crippen LogP contribution >= 0.6 is 0 Å². The molecule has 1 heterocycles. The van der Waals surface area contributed by atoms with Gasteiger partial charge in [0, 0.05) is 12.6 Å². The number of nitrogens with one attached hydrogen (secondary N) is 2. The van der Waals surface area contributed by atoms with Gasteiger partial charge in [-0.3, -0.25) is 4.79 Å². The summed E-state index contributed by atoms with van der Waals surface area (Å²) in [5.74, 6) is 0.841. The van der Waals surface area contributed by atoms with E-state index in [4.69, 9.17) is 0 Å². The minimum Gasteiger partial charge on any atom is -0.352 e. The van der Waals surface area contributed by atoms with Gasteiger partial charge in [0.05, 0.1) is 6.04 Å². The van der Waals surface area contributed by atoms with E-state index in [2.05, 4.69) is 41.8 Å². The number of benzene rings is 1. The van der Waals surface area contributed by atoms with Gasteiger partial charge < -0.3 is 10.6 Å². The van der Waals surface area contributed by atoms with E-state index in [-0.39, 0.29) is 11.9 Å². The fourth-order valence-corrected chi connectivity index (χ4v) is 3.54. The second-order valence-corrected chi connectivity index (χ2v) is 6.25. The molecule has 20 heavy (non-hydrogen) atoms. The van der Waals surface area contributed by atoms with Crippen molar-refractivity contribution in [3.63, 3.8) is 0 Å². The molecule has 0 radical (unpaired) electrons. The van der Waals surface area contributed by atoms with Gasteiger partial charge in [-0.25, -0.2) is 0 Å². The standard InChI is InChI=1S/C17H24N2O/c1-12(13-6-2-3-7-13)19-17(20)16-10-14-8-4-5-9-15(14)11-18-16/h4-5,8-9,12-13,16,18H,2-3,6-7,10-11H2,1H3,(H,19,20)/t12-,16+/m0/s1. The summed E-state index contributed by atoms with van der Waals surface area (Å²) in [4.78, 5) is 12.4. The minimum atomic E-state index is -0.0752. The largest absolute Gasteiger partial charge is 0.352 e. The summed E-state index contributed by atoms with van der Waals surface area (Å²) in [6.07, 6.45) is 5.98. The maximum Gasteiger partial charge on any atom is 0.237 e. The molecule has 3 rings (SSSR count). The molecule has 3 nitrogen and oxygen atoms in total. The Morgan fingerprint density at radius 2 is 1.95 bits per heavy atom. The van der Waals surface area contributed by atoms with E-state index < -0.39 is 0 Å². The molecule has 1 aliphatic carbocycles. The summed E-state index contributed by atoms with van der Waals surface area (Å²) in [7, 11) is 0. The molecule has 2 atom stereocenters. The molecule has 0 spiro atoms. The van der Waals surface area contributed by atoms with Crippen LogP contribution in [0.15, 0.2) is 24.3 Å². The van der Waals surface area contributed by atoms with Crippen molar-refractivity contribution in [2.24, 2.45) is 5.92 Å². The highest BCUT2D eigenvalue weighted by Crippen LogP contribution is 2.27. The summed E-state index contributed by atoms with van der Waals surface area (Å²) < 4.78 is 0. The Bertz CT molecular complexity index is 480. The van der Waals surface area contributed by atoms with Crippen LogP contribution in [0.5, 0.6) is 0 Å². The zero-order chi connectivity index (χ0) is 13.9. The van der Waals surface area contributed by atoms with Crippen molar-refractivity contribution < 1.29 is 4.79 Å². The SMILES string of the molecule is C[C@H](NC(=O)[C@H]1Cc2ccccc2CN1)C1CCCC1. The average Bonchev–Trinajstić information content (AvgIpc) is 3.01. The third kappa shape index (κ3) is 2.88. The first-order valence-electron chi connectivity index (χ1n) is 7.84. The second-order valence-electron chi connectivity index (χ2n) is 6.25. The summed E-state index contributed by atoms with van der Waals surface area (Å²) in [6.45, 7) is 2.96. The van der Waals surface area contributed by atoms with Gasteiger partial charge in [0.1, 0.15) is 0 Å². The van der Waals surface area contributed by atoms with Crippen molar-refractivity contribution in [1.29, 1.82) is 0 Å². The van der Waals surface area contributed by atoms with Crippen molar-refractivity contribution in [2.45, 2.75) is 57.7 Å². The maximum absolute atomic E-state index is 12.4. The Balaban J connectivity index is 1.58. The highest BCUT2D eigenvalue weighted by atomic mass is 16.2. The Kier molecular flexibility index (Phi) is 4.06. The van der Waals surface area contributed by atoms with E-state index in [0.717, 1.165) is 13.0 Å². The highest BCUT2D eigenvalue weighted by Gasteiger charge is 2.28. The zero-order valence-electron chi connectivity index (χ0n) is 12.2. The van der Waals surface area contributed by atoms with E-state index >= 15 is 0 Å². The summed E-state index contributed by atoms with van der Waals surface area (Å²) in [5, 5.41) is 6.58. The Labute approximate surface area is 121 Å². The molecule has 2 aliphatic rings. The number of rotatable bonds is 3. The first-order chi connectivity index (χ1) is 9.74. The van der Waals surface area contributed by atoms with Crippen LogP contribution in [0.1, 0.15) is 43.7 Å². The molecule has 1 aliphatic heterocycles. The van der Waals surface area contributed by atoms with Crippen LogP contribution in [0.3, 0.4) is 0 Å². The molecule has 1 amide bonds. The first-order valence-corrected chi connectivity index (χ1v) is 7.84. The fourth-order valence-electron chi connectivity index (χ4n) is 3.54. The quantitative estimate of drug-likeness (QED) is 0.887. The van der Waals surface area contributed by atoms with Gasteiger partial charge >= 0.3 is 0 Å². The van der Waals surface area contributed by atoms with Crippen molar-refractivity contribution in [3.05, 3.63) is 35.4 Å². The van der Waals surface area contributed by atoms with Crippen LogP contribution in [0.2, 0.25) is 0 Å². The van der Waals surface area contributed by atoms with Crippen molar-refractivity contribution >= 4 is 5.91 Å². The lowest BCUT2D eigenvalue weighted by Crippen LogP contribution is -2.51. The third-order valence-electron chi connectivity index (χ3n) is 4.87. The topological polar surface area (TPSA) is 41.1 Å². The van der Waals surface area contributed by atoms with Crippen LogP contribution < -0.4 is 10.6 Å². The van der Waals surface area contributed by atoms with Crippen LogP contribution in [0.4, 0.5) is 0 Å². The smallest absolute Gasteiger partial charge is 0.237 e. The highest BCUT2D eigenvalue weighted by molar-refractivity contribution is 5.82. The van der Waals surface area contributed by atoms with Gasteiger partial charge in [-0.2, -0.15) is 0 Å². The normalized spacial score (nSPS) is 24.1. The van der Waals surface area contributed by atoms with E-state index in [1.54, 1.807) is 0 Å². The molecule has 1 aromatic rings. The summed E-state index contributed by atoms with van der Waals surface area (Å²) in [6, 6.07) is 8.62. The monoisotopic (exact) mass is 272 g/mol. The Morgan fingerprint density at radius 3 is 2.70 bits per heavy atom. The molecule has 1 saturated carbocycles. The van der Waals surface area contributed by atoms with Crippen molar-refractivity contribution in [3.8, 4) is 0 Å². The van der Waals surface area contributed by atoms with Crippen LogP contribution in [-0.4, -0.2) is 18.0 Å². The number of hydrogen-bond acceptors (Lipinski definition) is 2. The van der Waals surface area contributed by atoms with Crippen molar-refractivity contribution in [1.82, 2.24) is 10.6 Å². The minimum absolute atomic E-state index is 0.0752. The molecule has 0 bridgehead atoms. The van der Waals surface area contributed by atoms with Gasteiger partial charge in [0.2, 0.25) is 5.91 Å². The molecule has 0 aromatic heterocycles. The lowest BCUT2D eigenvalue weighted by Gasteiger charge is -2.28. The predicted molar refractivity (Wildman–Crippen MR) is 80.3 cm³/mol. The summed E-state index contributed by atoms with van der Waals surface area (Å²) >= 11 is 0. The number of carbonyl (C=O) groups excluding carboxylic acids is 1. The molecule has 2 N–H and O–H groups in total. The van der Waals surface area contributed by atoms with E-state index in [1.165, 1.54) is 36.8 Å². The molecule has 3 heteroatoms. The average molecular weight is 272 g/mol. The number of amides is 1. The van der Waals surface area contributed by atoms with Crippen LogP contribution in [0, 0.1) is 5.92 Å². The fraction of sp³-hybridized carbons (Fsp3) is 0.588. The van der Waals surface area contributed by atoms with Gasteiger partial charge in [-0.1, -0.05) is 37.1 Å².